The lowest BCUT2D eigenvalue weighted by Gasteiger charge is -2.42. The second-order valence-electron chi connectivity index (χ2n) is 11.7. The molecule has 5 rings (SSSR count). The first-order chi connectivity index (χ1) is 17.8. The van der Waals surface area contributed by atoms with Crippen molar-refractivity contribution in [2.75, 3.05) is 31.5 Å². The Morgan fingerprint density at radius 3 is 2.39 bits per heavy atom. The molecule has 2 aliphatic heterocycles. The van der Waals surface area contributed by atoms with Crippen LogP contribution in [0.4, 0.5) is 36.1 Å². The molecule has 1 unspecified atom stereocenters. The third-order valence-electron chi connectivity index (χ3n) is 7.66. The third-order valence-corrected chi connectivity index (χ3v) is 7.98. The fourth-order valence-electron chi connectivity index (χ4n) is 6.44. The van der Waals surface area contributed by atoms with Gasteiger partial charge < -0.3 is 15.7 Å². The number of pyridine rings is 1. The molecule has 38 heavy (non-hydrogen) atoms. The fourth-order valence-corrected chi connectivity index (χ4v) is 6.80. The highest BCUT2D eigenvalue weighted by atomic mass is 35.5. The summed E-state index contributed by atoms with van der Waals surface area (Å²) in [5.74, 6) is 0.511. The number of halogens is 4. The monoisotopic (exact) mass is 545 g/mol. The maximum absolute atomic E-state index is 13.1. The van der Waals surface area contributed by atoms with E-state index in [2.05, 4.69) is 36.4 Å². The summed E-state index contributed by atoms with van der Waals surface area (Å²) in [6, 6.07) is 13.6. The quantitative estimate of drug-likeness (QED) is 0.297. The lowest BCUT2D eigenvalue weighted by Crippen LogP contribution is -2.53. The van der Waals surface area contributed by atoms with E-state index in [0.29, 0.717) is 21.9 Å². The van der Waals surface area contributed by atoms with Crippen LogP contribution in [-0.4, -0.2) is 36.3 Å². The van der Waals surface area contributed by atoms with Crippen LogP contribution in [0.5, 0.6) is 5.75 Å². The van der Waals surface area contributed by atoms with E-state index >= 15 is 0 Å². The van der Waals surface area contributed by atoms with Crippen LogP contribution in [0.1, 0.15) is 44.7 Å². The van der Waals surface area contributed by atoms with Gasteiger partial charge in [0.2, 0.25) is 0 Å². The Hall–Kier alpha value is -2.81. The highest BCUT2D eigenvalue weighted by Gasteiger charge is 2.58. The van der Waals surface area contributed by atoms with Crippen LogP contribution in [-0.2, 0) is 11.6 Å². The maximum Gasteiger partial charge on any atom is 0.417 e. The average Bonchev–Trinajstić information content (AvgIpc) is 3.11. The molecule has 2 aliphatic rings. The molecule has 3 aromatic rings. The maximum atomic E-state index is 13.1. The number of aromatic nitrogens is 1. The van der Waals surface area contributed by atoms with Crippen molar-refractivity contribution in [2.24, 2.45) is 5.41 Å². The van der Waals surface area contributed by atoms with Crippen LogP contribution in [0.25, 0.3) is 0 Å². The molecule has 0 saturated carbocycles. The summed E-state index contributed by atoms with van der Waals surface area (Å²) in [6.07, 6.45) is -1.83. The Morgan fingerprint density at radius 1 is 1.05 bits per heavy atom. The van der Waals surface area contributed by atoms with E-state index in [9.17, 15) is 18.3 Å². The number of benzene rings is 2. The van der Waals surface area contributed by atoms with Gasteiger partial charge in [0, 0.05) is 23.2 Å². The zero-order valence-electron chi connectivity index (χ0n) is 21.8. The van der Waals surface area contributed by atoms with Gasteiger partial charge in [-0.3, -0.25) is 4.48 Å². The Labute approximate surface area is 226 Å². The van der Waals surface area contributed by atoms with E-state index in [1.807, 2.05) is 24.3 Å². The number of alkyl halides is 3. The first-order valence-corrected chi connectivity index (χ1v) is 13.2. The van der Waals surface area contributed by atoms with Crippen LogP contribution in [0.15, 0.2) is 54.7 Å². The number of hydrogen-bond acceptors (Lipinski definition) is 4. The lowest BCUT2D eigenvalue weighted by molar-refractivity contribution is -0.137. The Kier molecular flexibility index (Phi) is 6.65. The molecule has 202 valence electrons. The first-order valence-electron chi connectivity index (χ1n) is 12.8. The van der Waals surface area contributed by atoms with E-state index in [1.165, 1.54) is 6.07 Å². The molecule has 1 aromatic heterocycles. The molecule has 9 heteroatoms. The van der Waals surface area contributed by atoms with Gasteiger partial charge in [-0.2, -0.15) is 13.2 Å². The first kappa shape index (κ1) is 26.8. The van der Waals surface area contributed by atoms with E-state index in [1.54, 1.807) is 12.1 Å². The van der Waals surface area contributed by atoms with Gasteiger partial charge in [0.1, 0.15) is 11.5 Å². The summed E-state index contributed by atoms with van der Waals surface area (Å²) in [7, 11) is 0. The number of piperidine rings is 1. The summed E-state index contributed by atoms with van der Waals surface area (Å²) in [5, 5.41) is 18.8. The number of phenols is 1. The Bertz CT molecular complexity index is 1330. The minimum atomic E-state index is -4.45. The van der Waals surface area contributed by atoms with Crippen molar-refractivity contribution in [2.45, 2.75) is 45.2 Å². The molecule has 1 atom stereocenters. The highest BCUT2D eigenvalue weighted by Crippen LogP contribution is 2.61. The van der Waals surface area contributed by atoms with Gasteiger partial charge in [0.05, 0.1) is 29.1 Å². The summed E-state index contributed by atoms with van der Waals surface area (Å²) in [4.78, 5) is 4.05. The van der Waals surface area contributed by atoms with Gasteiger partial charge >= 0.3 is 6.18 Å². The van der Waals surface area contributed by atoms with E-state index < -0.39 is 11.7 Å². The third kappa shape index (κ3) is 4.74. The van der Waals surface area contributed by atoms with Gasteiger partial charge in [-0.05, 0) is 56.3 Å². The second kappa shape index (κ2) is 9.43. The highest BCUT2D eigenvalue weighted by molar-refractivity contribution is 6.32. The van der Waals surface area contributed by atoms with Crippen molar-refractivity contribution in [3.8, 4) is 5.75 Å². The number of rotatable bonds is 4. The lowest BCUT2D eigenvalue weighted by atomic mass is 9.74. The van der Waals surface area contributed by atoms with Crippen LogP contribution < -0.4 is 15.1 Å². The molecule has 0 bridgehead atoms. The van der Waals surface area contributed by atoms with E-state index in [0.717, 1.165) is 67.4 Å². The van der Waals surface area contributed by atoms with Crippen molar-refractivity contribution in [1.82, 2.24) is 14.8 Å². The molecular weight excluding hydrogens is 513 g/mol. The summed E-state index contributed by atoms with van der Waals surface area (Å²) < 4.78 is 39.7. The summed E-state index contributed by atoms with van der Waals surface area (Å²) in [5.41, 5.74) is 2.30. The minimum Gasteiger partial charge on any atom is -0.503 e. The molecule has 5 nitrogen and oxygen atoms in total. The number of nitrogens with zero attached hydrogens (tertiary/aromatic N) is 2. The van der Waals surface area contributed by atoms with E-state index in [-0.39, 0.29) is 16.6 Å². The van der Waals surface area contributed by atoms with Crippen molar-refractivity contribution >= 4 is 34.5 Å². The fraction of sp³-hybridized carbons (Fsp3) is 0.414. The number of hydrogen-bond donors (Lipinski definition) is 3. The molecule has 1 fully saturated rings. The molecule has 0 aliphatic carbocycles. The second-order valence-corrected chi connectivity index (χ2v) is 12.1. The van der Waals surface area contributed by atoms with Crippen molar-refractivity contribution in [3.63, 3.8) is 0 Å². The molecule has 3 N–H and O–H groups in total. The van der Waals surface area contributed by atoms with Gasteiger partial charge in [-0.25, -0.2) is 4.98 Å². The van der Waals surface area contributed by atoms with Crippen molar-refractivity contribution < 1.29 is 18.3 Å². The molecule has 1 spiro atoms. The van der Waals surface area contributed by atoms with Crippen LogP contribution >= 0.6 is 11.6 Å². The predicted octanol–water partition coefficient (Wildman–Crippen LogP) is 7.52. The standard InChI is InChI=1S/C29H32ClF3N4O/c1-27(2,3)17-37(18-28(12-14-34-15-13-28)25-20(30)9-10-23(38)26(25)37)22-7-5-4-6-21(22)36-24-11-8-19(16-35-24)29(31,32)33/h4-11,16,34H,12-15,17-18H2,1-3H3,(H-,35,36,38)/p+1. The molecule has 0 amide bonds. The number of nitrogens with one attached hydrogen (secondary N) is 2. The number of fused-ring (bicyclic) bond motifs is 2. The van der Waals surface area contributed by atoms with Crippen molar-refractivity contribution in [1.29, 1.82) is 0 Å². The summed E-state index contributed by atoms with van der Waals surface area (Å²) >= 11 is 6.91. The molecule has 1 saturated heterocycles. The molecule has 2 aromatic carbocycles. The number of aromatic hydroxyl groups is 1. The average molecular weight is 546 g/mol. The van der Waals surface area contributed by atoms with Gasteiger partial charge in [0.25, 0.3) is 0 Å². The molecular formula is C29H33ClF3N4O+. The largest absolute Gasteiger partial charge is 0.503 e. The Morgan fingerprint density at radius 2 is 1.76 bits per heavy atom. The normalized spacial score (nSPS) is 20.9. The minimum absolute atomic E-state index is 0.135. The number of anilines is 2. The summed E-state index contributed by atoms with van der Waals surface area (Å²) in [6.45, 7) is 9.64. The zero-order valence-corrected chi connectivity index (χ0v) is 22.5. The molecule has 0 radical (unpaired) electrons. The SMILES string of the molecule is CC(C)(C)C[N+]1(c2ccccc2Nc2ccc(C(F)(F)F)cn2)CC2(CCNCC2)c2c(Cl)ccc(O)c21. The van der Waals surface area contributed by atoms with Crippen LogP contribution in [0.3, 0.4) is 0 Å². The molecule has 3 heterocycles. The topological polar surface area (TPSA) is 57.2 Å². The number of quaternary nitrogens is 1. The van der Waals surface area contributed by atoms with Crippen LogP contribution in [0, 0.1) is 5.41 Å². The predicted molar refractivity (Wildman–Crippen MR) is 147 cm³/mol. The van der Waals surface area contributed by atoms with E-state index in [4.69, 9.17) is 11.6 Å². The van der Waals surface area contributed by atoms with Gasteiger partial charge in [-0.15, -0.1) is 0 Å². The van der Waals surface area contributed by atoms with Crippen LogP contribution in [0.2, 0.25) is 5.02 Å². The Balaban J connectivity index is 1.69. The number of para-hydroxylation sites is 2. The van der Waals surface area contributed by atoms with Gasteiger partial charge in [-0.1, -0.05) is 44.5 Å². The van der Waals surface area contributed by atoms with Gasteiger partial charge in [0.15, 0.2) is 17.1 Å². The van der Waals surface area contributed by atoms with Crippen molar-refractivity contribution in [3.05, 3.63) is 70.9 Å². The number of phenolic OH excluding ortho intramolecular Hbond substituents is 1. The zero-order chi connectivity index (χ0) is 27.3. The smallest absolute Gasteiger partial charge is 0.417 e.